The van der Waals surface area contributed by atoms with Crippen LogP contribution in [0.15, 0.2) is 107 Å². The number of likely N-dealkylation sites (tertiary alicyclic amines) is 1. The predicted molar refractivity (Wildman–Crippen MR) is 324 cm³/mol. The van der Waals surface area contributed by atoms with E-state index in [9.17, 15) is 37.7 Å². The van der Waals surface area contributed by atoms with Crippen molar-refractivity contribution in [1.29, 1.82) is 0 Å². The molecule has 23 nitrogen and oxygen atoms in total. The Morgan fingerprint density at radius 1 is 0.779 bits per heavy atom. The van der Waals surface area contributed by atoms with E-state index in [1.54, 1.807) is 88.3 Å². The van der Waals surface area contributed by atoms with E-state index < -0.39 is 73.6 Å². The number of carbonyl (C=O) groups excluding carboxylic acids is 4. The highest BCUT2D eigenvalue weighted by Gasteiger charge is 2.46. The summed E-state index contributed by atoms with van der Waals surface area (Å²) in [5, 5.41) is 20.8. The van der Waals surface area contributed by atoms with E-state index >= 15 is 0 Å². The SMILES string of the molecule is Cc1ncsc1-c1ccc(CNC(=O)[C@@H]2C[C@@H](OC(=O)OCc3ccc([N+](=O)[O-])cc3)CN2C(=O)[C@@H](NC(=O)COCCOCCOCCOCCOc2cc3nccc(Nc4ccc5scnc5c4)c3cc2S(=O)(=O)C(C)(C)C)C(C)(C)C)cc1. The number of nitrogens with one attached hydrogen (secondary N) is 3. The van der Waals surface area contributed by atoms with Gasteiger partial charge in [0, 0.05) is 54.1 Å². The van der Waals surface area contributed by atoms with Crippen LogP contribution in [0.5, 0.6) is 5.75 Å². The lowest BCUT2D eigenvalue weighted by Crippen LogP contribution is -2.58. The van der Waals surface area contributed by atoms with Crippen molar-refractivity contribution >= 4 is 94.6 Å². The average Bonchev–Trinajstić information content (AvgIpc) is 1.10. The molecule has 0 saturated carbocycles. The number of ether oxygens (including phenoxy) is 7. The molecule has 0 aliphatic carbocycles. The number of thiazole rings is 2. The van der Waals surface area contributed by atoms with Crippen LogP contribution >= 0.6 is 22.7 Å². The first-order valence-corrected chi connectivity index (χ1v) is 30.9. The molecular formula is C60H70N8O15S3. The number of aryl methyl sites for hydroxylation is 1. The van der Waals surface area contributed by atoms with Crippen LogP contribution in [0.25, 0.3) is 31.6 Å². The summed E-state index contributed by atoms with van der Waals surface area (Å²) in [6.07, 6.45) is -0.437. The number of nitrogens with zero attached hydrogens (tertiary/aromatic N) is 5. The second-order valence-electron chi connectivity index (χ2n) is 22.2. The molecule has 1 aliphatic heterocycles. The maximum Gasteiger partial charge on any atom is 0.508 e. The van der Waals surface area contributed by atoms with Crippen molar-refractivity contribution in [3.05, 3.63) is 129 Å². The number of hydrogen-bond donors (Lipinski definition) is 3. The highest BCUT2D eigenvalue weighted by Crippen LogP contribution is 2.38. The van der Waals surface area contributed by atoms with Crippen LogP contribution in [-0.2, 0) is 65.8 Å². The smallest absolute Gasteiger partial charge is 0.490 e. The van der Waals surface area contributed by atoms with E-state index in [0.717, 1.165) is 37.6 Å². The van der Waals surface area contributed by atoms with Crippen molar-refractivity contribution in [2.24, 2.45) is 5.41 Å². The van der Waals surface area contributed by atoms with Crippen LogP contribution in [-0.4, -0.2) is 146 Å². The van der Waals surface area contributed by atoms with Gasteiger partial charge in [0.05, 0.1) is 99.8 Å². The highest BCUT2D eigenvalue weighted by molar-refractivity contribution is 7.92. The van der Waals surface area contributed by atoms with Crippen molar-refractivity contribution in [3.63, 3.8) is 0 Å². The molecular weight excluding hydrogens is 1170 g/mol. The Balaban J connectivity index is 0.756. The standard InChI is InChI=1S/C60H70N8O15S3/c1-38-54(85-36-63-38)41-12-8-39(9-13-41)32-62-56(70)49-29-44(83-58(72)82-34-40-10-15-43(16-11-40)68(73)74)33-67(49)57(71)55(59(2,3)4)66-53(69)35-80-25-24-78-21-20-77-22-23-79-26-27-81-50-31-47-45(30-52(50)86(75,76)60(5,6)7)46(18-19-61-47)65-42-14-17-51-48(28-42)64-37-84-51/h8-19,28,30-31,36-37,44,49,55H,20-27,29,32-35H2,1-7H3,(H,61,65)(H,62,70)(H,66,69)/t44-,49+,55-/m1/s1. The first-order chi connectivity index (χ1) is 41.0. The Kier molecular flexibility index (Phi) is 21.8. The number of anilines is 2. The van der Waals surface area contributed by atoms with E-state index in [-0.39, 0.29) is 95.3 Å². The minimum Gasteiger partial charge on any atom is -0.490 e. The molecule has 4 aromatic carbocycles. The van der Waals surface area contributed by atoms with Gasteiger partial charge < -0.3 is 54.0 Å². The van der Waals surface area contributed by atoms with Crippen molar-refractivity contribution < 1.29 is 65.7 Å². The zero-order chi connectivity index (χ0) is 61.6. The second-order valence-corrected chi connectivity index (χ2v) is 26.6. The molecule has 26 heteroatoms. The van der Waals surface area contributed by atoms with Crippen molar-refractivity contribution in [3.8, 4) is 16.2 Å². The minimum absolute atomic E-state index is 0.0436. The Bertz CT molecular complexity index is 3600. The molecule has 0 spiro atoms. The van der Waals surface area contributed by atoms with Crippen LogP contribution in [0.1, 0.15) is 64.8 Å². The van der Waals surface area contributed by atoms with Crippen molar-refractivity contribution in [2.45, 2.75) is 95.9 Å². The van der Waals surface area contributed by atoms with E-state index in [0.29, 0.717) is 22.2 Å². The molecule has 7 aromatic rings. The number of nitro groups is 1. The molecule has 1 fully saturated rings. The largest absolute Gasteiger partial charge is 0.508 e. The molecule has 86 heavy (non-hydrogen) atoms. The van der Waals surface area contributed by atoms with Gasteiger partial charge in [-0.05, 0) is 92.3 Å². The first kappa shape index (κ1) is 64.3. The molecule has 458 valence electrons. The molecule has 3 N–H and O–H groups in total. The van der Waals surface area contributed by atoms with Gasteiger partial charge in [-0.3, -0.25) is 29.5 Å². The monoisotopic (exact) mass is 1240 g/mol. The number of non-ortho nitro benzene ring substituents is 1. The van der Waals surface area contributed by atoms with Crippen LogP contribution < -0.4 is 20.7 Å². The van der Waals surface area contributed by atoms with Crippen molar-refractivity contribution in [1.82, 2.24) is 30.5 Å². The van der Waals surface area contributed by atoms with Gasteiger partial charge in [0.1, 0.15) is 48.7 Å². The van der Waals surface area contributed by atoms with Gasteiger partial charge in [0.2, 0.25) is 17.7 Å². The third-order valence-corrected chi connectivity index (χ3v) is 18.1. The summed E-state index contributed by atoms with van der Waals surface area (Å²) in [6, 6.07) is 21.8. The molecule has 0 unspecified atom stereocenters. The lowest BCUT2D eigenvalue weighted by molar-refractivity contribution is -0.384. The summed E-state index contributed by atoms with van der Waals surface area (Å²) in [5.74, 6) is -1.48. The number of hydrogen-bond acceptors (Lipinski definition) is 21. The maximum atomic E-state index is 14.5. The van der Waals surface area contributed by atoms with Crippen LogP contribution in [0.3, 0.4) is 0 Å². The zero-order valence-corrected chi connectivity index (χ0v) is 51.3. The van der Waals surface area contributed by atoms with E-state index in [1.807, 2.05) is 49.4 Å². The fourth-order valence-corrected chi connectivity index (χ4v) is 11.9. The molecule has 4 heterocycles. The van der Waals surface area contributed by atoms with Gasteiger partial charge in [-0.15, -0.1) is 22.7 Å². The summed E-state index contributed by atoms with van der Waals surface area (Å²) in [4.78, 5) is 80.9. The number of rotatable bonds is 28. The molecule has 0 radical (unpaired) electrons. The van der Waals surface area contributed by atoms with E-state index in [1.165, 1.54) is 40.5 Å². The fraction of sp³-hybridized carbons (Fsp3) is 0.417. The summed E-state index contributed by atoms with van der Waals surface area (Å²) in [5.41, 5.74) is 8.65. The summed E-state index contributed by atoms with van der Waals surface area (Å²) >= 11 is 3.08. The highest BCUT2D eigenvalue weighted by atomic mass is 32.2. The summed E-state index contributed by atoms with van der Waals surface area (Å²) in [7, 11) is -3.86. The number of fused-ring (bicyclic) bond motifs is 2. The molecule has 3 atom stereocenters. The van der Waals surface area contributed by atoms with Gasteiger partial charge >= 0.3 is 6.16 Å². The number of aromatic nitrogens is 3. The maximum absolute atomic E-state index is 14.5. The van der Waals surface area contributed by atoms with Gasteiger partial charge in [-0.1, -0.05) is 45.0 Å². The zero-order valence-electron chi connectivity index (χ0n) is 48.8. The lowest BCUT2D eigenvalue weighted by Gasteiger charge is -2.35. The van der Waals surface area contributed by atoms with Crippen LogP contribution in [0, 0.1) is 22.5 Å². The first-order valence-electron chi connectivity index (χ1n) is 27.7. The van der Waals surface area contributed by atoms with Gasteiger partial charge in [0.25, 0.3) is 5.69 Å². The van der Waals surface area contributed by atoms with Gasteiger partial charge in [0.15, 0.2) is 9.84 Å². The Morgan fingerprint density at radius 3 is 2.09 bits per heavy atom. The normalized spacial score (nSPS) is 14.9. The predicted octanol–water partition coefficient (Wildman–Crippen LogP) is 9.12. The summed E-state index contributed by atoms with van der Waals surface area (Å²) in [6.45, 7) is 12.9. The van der Waals surface area contributed by atoms with Crippen LogP contribution in [0.2, 0.25) is 0 Å². The van der Waals surface area contributed by atoms with Crippen LogP contribution in [0.4, 0.5) is 21.9 Å². The third-order valence-electron chi connectivity index (χ3n) is 13.8. The molecule has 1 aliphatic rings. The Hall–Kier alpha value is -7.72. The third kappa shape index (κ3) is 17.0. The average molecular weight is 1240 g/mol. The second kappa shape index (κ2) is 29.1. The number of carbonyl (C=O) groups is 4. The number of sulfone groups is 1. The van der Waals surface area contributed by atoms with Crippen molar-refractivity contribution in [2.75, 3.05) is 71.3 Å². The molecule has 3 aromatic heterocycles. The lowest BCUT2D eigenvalue weighted by atomic mass is 9.85. The minimum atomic E-state index is -3.86. The molecule has 8 rings (SSSR count). The topological polar surface area (TPSA) is 288 Å². The fourth-order valence-electron chi connectivity index (χ4n) is 9.12. The Labute approximate surface area is 506 Å². The van der Waals surface area contributed by atoms with Gasteiger partial charge in [-0.25, -0.2) is 23.2 Å². The molecule has 3 amide bonds. The summed E-state index contributed by atoms with van der Waals surface area (Å²) < 4.78 is 67.3. The Morgan fingerprint density at radius 2 is 1.44 bits per heavy atom. The number of pyridine rings is 1. The van der Waals surface area contributed by atoms with E-state index in [4.69, 9.17) is 33.2 Å². The molecule has 0 bridgehead atoms. The number of amides is 3. The van der Waals surface area contributed by atoms with Gasteiger partial charge in [-0.2, -0.15) is 0 Å². The number of benzene rings is 4. The molecule has 1 saturated heterocycles. The van der Waals surface area contributed by atoms with E-state index in [2.05, 4.69) is 30.9 Å². The quantitative estimate of drug-likeness (QED) is 0.0178. The number of nitro benzene ring substituents is 1.